The molecule has 0 saturated carbocycles. The molecule has 0 aromatic heterocycles. The summed E-state index contributed by atoms with van der Waals surface area (Å²) in [5.41, 5.74) is -0.0751. The minimum Gasteiger partial charge on any atom is -0.355 e. The second-order valence-corrected chi connectivity index (χ2v) is 6.40. The van der Waals surface area contributed by atoms with Crippen molar-refractivity contribution in [3.63, 3.8) is 0 Å². The Morgan fingerprint density at radius 1 is 1.23 bits per heavy atom. The average molecular weight is 485 g/mol. The summed E-state index contributed by atoms with van der Waals surface area (Å²) in [5.74, 6) is 0.582. The van der Waals surface area contributed by atoms with Crippen molar-refractivity contribution in [3.8, 4) is 0 Å². The first kappa shape index (κ1) is 23.0. The predicted octanol–water partition coefficient (Wildman–Crippen LogP) is 2.23. The van der Waals surface area contributed by atoms with Crippen LogP contribution in [0.25, 0.3) is 0 Å². The summed E-state index contributed by atoms with van der Waals surface area (Å²) in [4.78, 5) is 8.72. The van der Waals surface area contributed by atoms with Crippen molar-refractivity contribution in [3.05, 3.63) is 35.4 Å². The molecule has 0 radical (unpaired) electrons. The molecule has 5 nitrogen and oxygen atoms in total. The lowest BCUT2D eigenvalue weighted by atomic mass is 10.1. The summed E-state index contributed by atoms with van der Waals surface area (Å²) < 4.78 is 38.3. The highest BCUT2D eigenvalue weighted by atomic mass is 127. The maximum atomic E-state index is 12.8. The lowest BCUT2D eigenvalue weighted by Gasteiger charge is -2.37. The van der Waals surface area contributed by atoms with Gasteiger partial charge in [0.1, 0.15) is 0 Å². The van der Waals surface area contributed by atoms with Crippen LogP contribution in [0.5, 0.6) is 0 Å². The van der Waals surface area contributed by atoms with E-state index in [1.165, 1.54) is 6.07 Å². The summed E-state index contributed by atoms with van der Waals surface area (Å²) in [6.07, 6.45) is -4.33. The Balaban J connectivity index is 0.00000338. The molecule has 1 heterocycles. The Labute approximate surface area is 170 Å². The number of piperazine rings is 1. The normalized spacial score (nSPS) is 19.8. The van der Waals surface area contributed by atoms with Crippen molar-refractivity contribution in [2.24, 2.45) is 4.99 Å². The molecule has 1 aromatic rings. The molecule has 1 unspecified atom stereocenters. The van der Waals surface area contributed by atoms with Gasteiger partial charge in [-0.3, -0.25) is 9.89 Å². The van der Waals surface area contributed by atoms with Crippen LogP contribution in [0.4, 0.5) is 13.2 Å². The smallest absolute Gasteiger partial charge is 0.355 e. The van der Waals surface area contributed by atoms with E-state index in [1.54, 1.807) is 13.1 Å². The molecule has 2 N–H and O–H groups in total. The molecule has 1 aromatic carbocycles. The average Bonchev–Trinajstić information content (AvgIpc) is 2.57. The van der Waals surface area contributed by atoms with Crippen LogP contribution < -0.4 is 10.6 Å². The minimum atomic E-state index is -4.33. The third-order valence-electron chi connectivity index (χ3n) is 4.42. The highest BCUT2D eigenvalue weighted by Crippen LogP contribution is 2.29. The largest absolute Gasteiger partial charge is 0.416 e. The second-order valence-electron chi connectivity index (χ2n) is 6.40. The molecule has 9 heteroatoms. The first-order valence-corrected chi connectivity index (χ1v) is 8.29. The Morgan fingerprint density at radius 3 is 2.62 bits per heavy atom. The molecule has 1 fully saturated rings. The lowest BCUT2D eigenvalue weighted by Crippen LogP contribution is -2.55. The SMILES string of the molecule is CN=C(NCc1cccc(C(F)(F)F)c1)NCC1CN(C)CCN1C.I. The van der Waals surface area contributed by atoms with Gasteiger partial charge in [0.15, 0.2) is 5.96 Å². The van der Waals surface area contributed by atoms with E-state index >= 15 is 0 Å². The van der Waals surface area contributed by atoms with E-state index in [0.29, 0.717) is 17.6 Å². The molecule has 0 spiro atoms. The zero-order valence-electron chi connectivity index (χ0n) is 15.3. The van der Waals surface area contributed by atoms with E-state index < -0.39 is 11.7 Å². The number of hydrogen-bond donors (Lipinski definition) is 2. The molecule has 0 aliphatic carbocycles. The van der Waals surface area contributed by atoms with Crippen LogP contribution in [-0.4, -0.2) is 69.1 Å². The van der Waals surface area contributed by atoms with Crippen LogP contribution in [0.2, 0.25) is 0 Å². The van der Waals surface area contributed by atoms with Gasteiger partial charge in [0, 0.05) is 45.8 Å². The summed E-state index contributed by atoms with van der Waals surface area (Å²) in [7, 11) is 5.84. The Hall–Kier alpha value is -1.07. The quantitative estimate of drug-likeness (QED) is 0.390. The standard InChI is InChI=1S/C17H26F3N5.HI/c1-21-16(23-11-15-12-24(2)7-8-25(15)3)22-10-13-5-4-6-14(9-13)17(18,19)20;/h4-6,9,15H,7-8,10-12H2,1-3H3,(H2,21,22,23);1H. The fourth-order valence-electron chi connectivity index (χ4n) is 2.80. The number of hydrogen-bond acceptors (Lipinski definition) is 3. The third-order valence-corrected chi connectivity index (χ3v) is 4.42. The number of nitrogens with zero attached hydrogens (tertiary/aromatic N) is 3. The van der Waals surface area contributed by atoms with Crippen LogP contribution in [-0.2, 0) is 12.7 Å². The van der Waals surface area contributed by atoms with Crippen molar-refractivity contribution in [2.75, 3.05) is 47.3 Å². The van der Waals surface area contributed by atoms with Gasteiger partial charge in [-0.25, -0.2) is 0 Å². The topological polar surface area (TPSA) is 42.9 Å². The van der Waals surface area contributed by atoms with Gasteiger partial charge in [0.05, 0.1) is 5.56 Å². The second kappa shape index (κ2) is 10.3. The number of halogens is 4. The van der Waals surface area contributed by atoms with Crippen LogP contribution in [0.1, 0.15) is 11.1 Å². The number of benzene rings is 1. The first-order chi connectivity index (χ1) is 11.8. The molecule has 2 rings (SSSR count). The lowest BCUT2D eigenvalue weighted by molar-refractivity contribution is -0.137. The summed E-state index contributed by atoms with van der Waals surface area (Å²) >= 11 is 0. The van der Waals surface area contributed by atoms with Crippen molar-refractivity contribution in [1.29, 1.82) is 0 Å². The van der Waals surface area contributed by atoms with Crippen molar-refractivity contribution in [1.82, 2.24) is 20.4 Å². The molecular weight excluding hydrogens is 458 g/mol. The zero-order chi connectivity index (χ0) is 18.4. The summed E-state index contributed by atoms with van der Waals surface area (Å²) in [6.45, 7) is 4.04. The first-order valence-electron chi connectivity index (χ1n) is 8.29. The molecule has 0 bridgehead atoms. The van der Waals surface area contributed by atoms with Crippen molar-refractivity contribution in [2.45, 2.75) is 18.8 Å². The van der Waals surface area contributed by atoms with Crippen LogP contribution in [0.15, 0.2) is 29.3 Å². The van der Waals surface area contributed by atoms with E-state index in [9.17, 15) is 13.2 Å². The maximum absolute atomic E-state index is 12.8. The Morgan fingerprint density at radius 2 is 1.96 bits per heavy atom. The molecule has 1 atom stereocenters. The molecule has 26 heavy (non-hydrogen) atoms. The van der Waals surface area contributed by atoms with Crippen molar-refractivity contribution >= 4 is 29.9 Å². The van der Waals surface area contributed by atoms with E-state index in [-0.39, 0.29) is 30.5 Å². The van der Waals surface area contributed by atoms with Crippen LogP contribution in [0, 0.1) is 0 Å². The van der Waals surface area contributed by atoms with Gasteiger partial charge in [-0.05, 0) is 31.8 Å². The fraction of sp³-hybridized carbons (Fsp3) is 0.588. The highest BCUT2D eigenvalue weighted by Gasteiger charge is 2.30. The number of nitrogens with one attached hydrogen (secondary N) is 2. The van der Waals surface area contributed by atoms with Gasteiger partial charge in [-0.1, -0.05) is 12.1 Å². The zero-order valence-corrected chi connectivity index (χ0v) is 17.6. The molecular formula is C17H27F3IN5. The monoisotopic (exact) mass is 485 g/mol. The van der Waals surface area contributed by atoms with Gasteiger partial charge in [-0.2, -0.15) is 13.2 Å². The van der Waals surface area contributed by atoms with Gasteiger partial charge in [0.2, 0.25) is 0 Å². The summed E-state index contributed by atoms with van der Waals surface area (Å²) in [6, 6.07) is 5.68. The van der Waals surface area contributed by atoms with Crippen LogP contribution >= 0.6 is 24.0 Å². The van der Waals surface area contributed by atoms with E-state index in [0.717, 1.165) is 38.3 Å². The van der Waals surface area contributed by atoms with Gasteiger partial charge >= 0.3 is 6.18 Å². The van der Waals surface area contributed by atoms with Gasteiger partial charge in [0.25, 0.3) is 0 Å². The number of rotatable bonds is 4. The van der Waals surface area contributed by atoms with E-state index in [2.05, 4.69) is 39.5 Å². The van der Waals surface area contributed by atoms with Gasteiger partial charge < -0.3 is 15.5 Å². The predicted molar refractivity (Wildman–Crippen MR) is 109 cm³/mol. The highest BCUT2D eigenvalue weighted by molar-refractivity contribution is 14.0. The Bertz CT molecular complexity index is 594. The molecule has 1 saturated heterocycles. The van der Waals surface area contributed by atoms with Gasteiger partial charge in [-0.15, -0.1) is 24.0 Å². The third kappa shape index (κ3) is 6.92. The molecule has 1 aliphatic rings. The van der Waals surface area contributed by atoms with Crippen LogP contribution in [0.3, 0.4) is 0 Å². The molecule has 0 amide bonds. The Kier molecular flexibility index (Phi) is 9.11. The van der Waals surface area contributed by atoms with E-state index in [1.807, 2.05) is 0 Å². The maximum Gasteiger partial charge on any atom is 0.416 e. The fourth-order valence-corrected chi connectivity index (χ4v) is 2.80. The number of alkyl halides is 3. The summed E-state index contributed by atoms with van der Waals surface area (Å²) in [5, 5.41) is 6.32. The molecule has 1 aliphatic heterocycles. The minimum absolute atomic E-state index is 0. The number of likely N-dealkylation sites (N-methyl/N-ethyl adjacent to an activating group) is 2. The van der Waals surface area contributed by atoms with E-state index in [4.69, 9.17) is 0 Å². The number of guanidine groups is 1. The van der Waals surface area contributed by atoms with Crippen molar-refractivity contribution < 1.29 is 13.2 Å². The molecule has 148 valence electrons. The number of aliphatic imine (C=N–C) groups is 1.